The van der Waals surface area contributed by atoms with Crippen molar-refractivity contribution in [2.24, 2.45) is 0 Å². The minimum absolute atomic E-state index is 0.224. The van der Waals surface area contributed by atoms with Crippen molar-refractivity contribution < 1.29 is 14.3 Å². The topological polar surface area (TPSA) is 65.7 Å². The van der Waals surface area contributed by atoms with Gasteiger partial charge in [-0.2, -0.15) is 4.98 Å². The number of fused-ring (bicyclic) bond motifs is 1. The van der Waals surface area contributed by atoms with Gasteiger partial charge in [0.05, 0.1) is 12.8 Å². The highest BCUT2D eigenvalue weighted by atomic mass is 127. The number of hydrogen-bond donors (Lipinski definition) is 0. The second-order valence-electron chi connectivity index (χ2n) is 6.37. The molecule has 0 aliphatic heterocycles. The summed E-state index contributed by atoms with van der Waals surface area (Å²) in [5.41, 5.74) is 2.39. The molecule has 0 saturated carbocycles. The predicted octanol–water partition coefficient (Wildman–Crippen LogP) is 6.03. The van der Waals surface area contributed by atoms with E-state index in [2.05, 4.69) is 32.6 Å². The van der Waals surface area contributed by atoms with Crippen LogP contribution in [0.15, 0.2) is 48.8 Å². The van der Waals surface area contributed by atoms with Gasteiger partial charge in [0.2, 0.25) is 5.88 Å². The van der Waals surface area contributed by atoms with Crippen LogP contribution in [0.4, 0.5) is 0 Å². The number of carbonyl (C=O) groups is 1. The molecule has 4 aromatic rings. The van der Waals surface area contributed by atoms with Gasteiger partial charge < -0.3 is 9.47 Å². The molecule has 0 N–H and O–H groups in total. The van der Waals surface area contributed by atoms with Gasteiger partial charge in [-0.05, 0) is 54.6 Å². The van der Waals surface area contributed by atoms with Crippen LogP contribution in [0.25, 0.3) is 16.3 Å². The van der Waals surface area contributed by atoms with E-state index in [0.717, 1.165) is 20.5 Å². The maximum absolute atomic E-state index is 12.6. The molecular weight excluding hydrogens is 537 g/mol. The lowest BCUT2D eigenvalue weighted by Gasteiger charge is -2.15. The quantitative estimate of drug-likeness (QED) is 0.215. The molecule has 4 rings (SSSR count). The summed E-state index contributed by atoms with van der Waals surface area (Å²) in [7, 11) is 0. The zero-order chi connectivity index (χ0) is 21.3. The molecule has 6 nitrogen and oxygen atoms in total. The van der Waals surface area contributed by atoms with Crippen molar-refractivity contribution in [3.05, 3.63) is 67.8 Å². The first-order valence-electron chi connectivity index (χ1n) is 9.20. The molecule has 30 heavy (non-hydrogen) atoms. The van der Waals surface area contributed by atoms with Crippen LogP contribution in [0.3, 0.4) is 0 Å². The number of carbonyl (C=O) groups excluding carboxylic acids is 1. The van der Waals surface area contributed by atoms with E-state index in [-0.39, 0.29) is 12.5 Å². The number of pyridine rings is 1. The highest BCUT2D eigenvalue weighted by Gasteiger charge is 2.25. The van der Waals surface area contributed by atoms with Gasteiger partial charge in [0.25, 0.3) is 0 Å². The van der Waals surface area contributed by atoms with E-state index in [9.17, 15) is 4.79 Å². The Hall–Kier alpha value is -2.17. The van der Waals surface area contributed by atoms with E-state index >= 15 is 0 Å². The van der Waals surface area contributed by atoms with Gasteiger partial charge in [-0.15, -0.1) is 11.3 Å². The summed E-state index contributed by atoms with van der Waals surface area (Å²) in [4.78, 5) is 21.9. The Bertz CT molecular complexity index is 1220. The van der Waals surface area contributed by atoms with Crippen LogP contribution < -0.4 is 4.74 Å². The van der Waals surface area contributed by atoms with Crippen molar-refractivity contribution in [3.63, 3.8) is 0 Å². The summed E-state index contributed by atoms with van der Waals surface area (Å²) in [5.74, 6) is -0.243. The normalized spacial score (nSPS) is 12.1. The number of halogens is 2. The van der Waals surface area contributed by atoms with E-state index in [1.54, 1.807) is 19.2 Å². The highest BCUT2D eigenvalue weighted by molar-refractivity contribution is 14.1. The number of nitrogens with zero attached hydrogens (tertiary/aromatic N) is 3. The Morgan fingerprint density at radius 2 is 2.10 bits per heavy atom. The summed E-state index contributed by atoms with van der Waals surface area (Å²) < 4.78 is 14.3. The molecule has 0 amide bonds. The van der Waals surface area contributed by atoms with E-state index in [0.29, 0.717) is 14.9 Å². The van der Waals surface area contributed by atoms with Crippen LogP contribution >= 0.6 is 45.5 Å². The monoisotopic (exact) mass is 553 g/mol. The van der Waals surface area contributed by atoms with E-state index < -0.39 is 12.1 Å². The Kier molecular flexibility index (Phi) is 6.26. The molecule has 0 aliphatic rings. The molecule has 3 heterocycles. The van der Waals surface area contributed by atoms with Crippen molar-refractivity contribution in [1.82, 2.24) is 14.4 Å². The highest BCUT2D eigenvalue weighted by Crippen LogP contribution is 2.36. The maximum Gasteiger partial charge on any atom is 0.354 e. The summed E-state index contributed by atoms with van der Waals surface area (Å²) in [6.45, 7) is 3.89. The molecule has 1 aromatic carbocycles. The lowest BCUT2D eigenvalue weighted by molar-refractivity contribution is 0.0525. The summed E-state index contributed by atoms with van der Waals surface area (Å²) in [6.07, 6.45) is 3.31. The number of rotatable bonds is 6. The van der Waals surface area contributed by atoms with Gasteiger partial charge in [-0.3, -0.25) is 4.40 Å². The van der Waals surface area contributed by atoms with Crippen LogP contribution in [0.1, 0.15) is 35.2 Å². The molecule has 0 bridgehead atoms. The molecule has 0 saturated heterocycles. The molecule has 3 aromatic heterocycles. The standard InChI is InChI=1S/C21H17ClIN3O3S/c1-3-28-21(27)18-19(29-12(2)14-6-4-5-7-15(14)22)25-20(30-18)16-10-24-17-9-8-13(23)11-26(16)17/h4-12H,3H2,1-2H3/t12-/m1/s1. The number of esters is 1. The van der Waals surface area contributed by atoms with E-state index in [1.165, 1.54) is 11.3 Å². The third-order valence-corrected chi connectivity index (χ3v) is 6.40. The van der Waals surface area contributed by atoms with Crippen molar-refractivity contribution in [1.29, 1.82) is 0 Å². The van der Waals surface area contributed by atoms with E-state index in [4.69, 9.17) is 21.1 Å². The van der Waals surface area contributed by atoms with Gasteiger partial charge >= 0.3 is 5.97 Å². The first kappa shape index (κ1) is 21.1. The number of ether oxygens (including phenoxy) is 2. The second kappa shape index (κ2) is 8.91. The van der Waals surface area contributed by atoms with Crippen LogP contribution in [0.2, 0.25) is 5.02 Å². The molecule has 0 fully saturated rings. The lowest BCUT2D eigenvalue weighted by atomic mass is 10.1. The number of thiazole rings is 1. The fourth-order valence-electron chi connectivity index (χ4n) is 2.97. The minimum Gasteiger partial charge on any atom is -0.468 e. The average Bonchev–Trinajstić information content (AvgIpc) is 3.32. The van der Waals surface area contributed by atoms with Gasteiger partial charge in [-0.25, -0.2) is 9.78 Å². The van der Waals surface area contributed by atoms with Gasteiger partial charge in [0.1, 0.15) is 22.5 Å². The number of imidazole rings is 1. The molecular formula is C21H17ClIN3O3S. The zero-order valence-electron chi connectivity index (χ0n) is 16.1. The van der Waals surface area contributed by atoms with Crippen molar-refractivity contribution >= 4 is 57.1 Å². The number of aromatic nitrogens is 3. The second-order valence-corrected chi connectivity index (χ2v) is 9.03. The largest absolute Gasteiger partial charge is 0.468 e. The van der Waals surface area contributed by atoms with Crippen molar-refractivity contribution in [2.45, 2.75) is 20.0 Å². The Labute approximate surface area is 196 Å². The van der Waals surface area contributed by atoms with Crippen molar-refractivity contribution in [3.8, 4) is 16.6 Å². The molecule has 0 unspecified atom stereocenters. The molecule has 154 valence electrons. The van der Waals surface area contributed by atoms with Gasteiger partial charge in [0.15, 0.2) is 4.88 Å². The van der Waals surface area contributed by atoms with Crippen LogP contribution in [-0.4, -0.2) is 26.9 Å². The van der Waals surface area contributed by atoms with Gasteiger partial charge in [-0.1, -0.05) is 29.8 Å². The summed E-state index contributed by atoms with van der Waals surface area (Å²) >= 11 is 9.77. The predicted molar refractivity (Wildman–Crippen MR) is 125 cm³/mol. The SMILES string of the molecule is CCOC(=O)c1sc(-c2cnc3ccc(I)cn23)nc1O[C@H](C)c1ccccc1Cl. The van der Waals surface area contributed by atoms with Crippen LogP contribution in [-0.2, 0) is 4.74 Å². The van der Waals surface area contributed by atoms with Crippen LogP contribution in [0.5, 0.6) is 5.88 Å². The summed E-state index contributed by atoms with van der Waals surface area (Å²) in [6, 6.07) is 11.3. The molecule has 0 aliphatic carbocycles. The molecule has 1 atom stereocenters. The fraction of sp³-hybridized carbons (Fsp3) is 0.190. The number of benzene rings is 1. The van der Waals surface area contributed by atoms with E-state index in [1.807, 2.05) is 47.9 Å². The Balaban J connectivity index is 1.76. The molecule has 0 radical (unpaired) electrons. The molecule has 0 spiro atoms. The Morgan fingerprint density at radius 1 is 1.30 bits per heavy atom. The smallest absolute Gasteiger partial charge is 0.354 e. The molecule has 9 heteroatoms. The average molecular weight is 554 g/mol. The fourth-order valence-corrected chi connectivity index (χ4v) is 4.62. The Morgan fingerprint density at radius 3 is 2.87 bits per heavy atom. The third-order valence-electron chi connectivity index (χ3n) is 4.38. The van der Waals surface area contributed by atoms with Crippen LogP contribution in [0, 0.1) is 3.57 Å². The zero-order valence-corrected chi connectivity index (χ0v) is 19.9. The van der Waals surface area contributed by atoms with Crippen molar-refractivity contribution in [2.75, 3.05) is 6.61 Å². The summed E-state index contributed by atoms with van der Waals surface area (Å²) in [5, 5.41) is 1.21. The van der Waals surface area contributed by atoms with Gasteiger partial charge in [0, 0.05) is 20.4 Å². The minimum atomic E-state index is -0.467. The first-order valence-corrected chi connectivity index (χ1v) is 11.5. The lowest BCUT2D eigenvalue weighted by Crippen LogP contribution is -2.09. The maximum atomic E-state index is 12.6. The first-order chi connectivity index (χ1) is 14.5. The number of hydrogen-bond acceptors (Lipinski definition) is 6. The third kappa shape index (κ3) is 4.17.